The van der Waals surface area contributed by atoms with Crippen molar-refractivity contribution in [1.82, 2.24) is 0 Å². The van der Waals surface area contributed by atoms with E-state index in [0.717, 1.165) is 18.7 Å². The lowest BCUT2D eigenvalue weighted by Gasteiger charge is -2.34. The largest absolute Gasteiger partial charge is 0.495 e. The van der Waals surface area contributed by atoms with E-state index < -0.39 is 53.6 Å². The number of fused-ring (bicyclic) bond motifs is 5. The van der Waals surface area contributed by atoms with Crippen LogP contribution in [0, 0.1) is 11.8 Å². The summed E-state index contributed by atoms with van der Waals surface area (Å²) in [6, 6.07) is 6.66. The number of carbonyl (C=O) groups excluding carboxylic acids is 4. The van der Waals surface area contributed by atoms with Crippen LogP contribution in [0.5, 0.6) is 5.75 Å². The van der Waals surface area contributed by atoms with Gasteiger partial charge in [0.2, 0.25) is 11.8 Å². The number of hydrogen-bond donors (Lipinski definition) is 0. The highest BCUT2D eigenvalue weighted by Gasteiger charge is 2.72. The summed E-state index contributed by atoms with van der Waals surface area (Å²) < 4.78 is 21.6. The van der Waals surface area contributed by atoms with Gasteiger partial charge in [0, 0.05) is 13.8 Å². The maximum Gasteiger partial charge on any atom is 0.305 e. The molecule has 29 heavy (non-hydrogen) atoms. The van der Waals surface area contributed by atoms with Crippen LogP contribution in [0.1, 0.15) is 13.8 Å². The Morgan fingerprint density at radius 2 is 1.76 bits per heavy atom. The van der Waals surface area contributed by atoms with E-state index in [9.17, 15) is 19.2 Å². The molecule has 0 N–H and O–H groups in total. The van der Waals surface area contributed by atoms with Crippen molar-refractivity contribution >= 4 is 29.4 Å². The van der Waals surface area contributed by atoms with Gasteiger partial charge in [-0.3, -0.25) is 19.2 Å². The second-order valence-corrected chi connectivity index (χ2v) is 7.03. The number of carbonyl (C=O) groups is 4. The molecular weight excluding hydrogens is 382 g/mol. The molecule has 3 aliphatic rings. The minimum absolute atomic E-state index is 0.311. The first kappa shape index (κ1) is 19.1. The predicted molar refractivity (Wildman–Crippen MR) is 96.5 cm³/mol. The van der Waals surface area contributed by atoms with E-state index in [2.05, 4.69) is 0 Å². The minimum Gasteiger partial charge on any atom is -0.495 e. The monoisotopic (exact) mass is 401 g/mol. The summed E-state index contributed by atoms with van der Waals surface area (Å²) in [7, 11) is 1.44. The van der Waals surface area contributed by atoms with Gasteiger partial charge >= 0.3 is 11.9 Å². The number of amides is 2. The zero-order chi connectivity index (χ0) is 20.9. The average Bonchev–Trinajstić information content (AvgIpc) is 3.32. The van der Waals surface area contributed by atoms with Crippen LogP contribution in [0.15, 0.2) is 36.4 Å². The van der Waals surface area contributed by atoms with Crippen molar-refractivity contribution in [2.45, 2.75) is 31.8 Å². The van der Waals surface area contributed by atoms with Crippen LogP contribution in [0.25, 0.3) is 0 Å². The van der Waals surface area contributed by atoms with Crippen molar-refractivity contribution < 1.29 is 38.1 Å². The quantitative estimate of drug-likeness (QED) is 0.311. The van der Waals surface area contributed by atoms with Gasteiger partial charge in [0.1, 0.15) is 5.75 Å². The van der Waals surface area contributed by atoms with Crippen LogP contribution in [-0.4, -0.2) is 48.9 Å². The fourth-order valence-corrected chi connectivity index (χ4v) is 4.27. The predicted octanol–water partition coefficient (Wildman–Crippen LogP) is 0.960. The van der Waals surface area contributed by atoms with E-state index in [1.807, 2.05) is 0 Å². The zero-order valence-electron chi connectivity index (χ0n) is 16.0. The van der Waals surface area contributed by atoms with Gasteiger partial charge in [-0.2, -0.15) is 0 Å². The van der Waals surface area contributed by atoms with E-state index in [1.165, 1.54) is 13.2 Å². The Kier molecular flexibility index (Phi) is 4.42. The molecule has 2 saturated heterocycles. The first-order chi connectivity index (χ1) is 13.8. The van der Waals surface area contributed by atoms with Gasteiger partial charge in [-0.1, -0.05) is 18.2 Å². The molecule has 2 amide bonds. The maximum atomic E-state index is 13.4. The van der Waals surface area contributed by atoms with Crippen molar-refractivity contribution in [1.29, 1.82) is 0 Å². The average molecular weight is 401 g/mol. The summed E-state index contributed by atoms with van der Waals surface area (Å²) in [4.78, 5) is 50.8. The molecule has 1 aromatic carbocycles. The van der Waals surface area contributed by atoms with Gasteiger partial charge < -0.3 is 18.9 Å². The molecular formula is C20H19NO8. The van der Waals surface area contributed by atoms with Crippen LogP contribution < -0.4 is 9.64 Å². The molecule has 2 bridgehead atoms. The highest BCUT2D eigenvalue weighted by Crippen LogP contribution is 2.55. The van der Waals surface area contributed by atoms with Crippen molar-refractivity contribution in [3.63, 3.8) is 0 Å². The zero-order valence-corrected chi connectivity index (χ0v) is 16.0. The molecule has 0 saturated carbocycles. The molecule has 0 radical (unpaired) electrons. The number of methoxy groups -OCH3 is 1. The number of ether oxygens (including phenoxy) is 4. The number of hydrogen-bond acceptors (Lipinski definition) is 8. The third-order valence-corrected chi connectivity index (χ3v) is 5.32. The van der Waals surface area contributed by atoms with Crippen molar-refractivity contribution in [3.8, 4) is 5.75 Å². The summed E-state index contributed by atoms with van der Waals surface area (Å²) in [6.45, 7) is 2.30. The summed E-state index contributed by atoms with van der Waals surface area (Å²) in [5.74, 6) is -3.91. The molecule has 152 valence electrons. The Balaban J connectivity index is 1.77. The summed E-state index contributed by atoms with van der Waals surface area (Å²) in [5, 5.41) is 0. The van der Waals surface area contributed by atoms with Crippen LogP contribution in [0.3, 0.4) is 0 Å². The molecule has 3 aliphatic heterocycles. The van der Waals surface area contributed by atoms with Gasteiger partial charge in [0.25, 0.3) is 6.29 Å². The fraction of sp³-hybridized carbons (Fsp3) is 0.400. The number of esters is 2. The lowest BCUT2D eigenvalue weighted by Crippen LogP contribution is -2.52. The number of para-hydroxylation sites is 2. The second-order valence-electron chi connectivity index (χ2n) is 7.03. The Morgan fingerprint density at radius 3 is 2.38 bits per heavy atom. The molecule has 0 aliphatic carbocycles. The molecule has 3 heterocycles. The normalized spacial score (nSPS) is 29.4. The first-order valence-corrected chi connectivity index (χ1v) is 9.02. The molecule has 0 aromatic heterocycles. The van der Waals surface area contributed by atoms with E-state index in [-0.39, 0.29) is 0 Å². The molecule has 2 fully saturated rings. The standard InChI is InChI=1S/C20H19NO8/c1-10(22)27-19(28-11(2)23)20-9-8-14(29-20)15-16(20)18(25)21(17(15)24)12-6-4-5-7-13(12)26-3/h4-9,14-16,19H,1-3H3/t14-,15-,16-,20+/m1/s1. The van der Waals surface area contributed by atoms with E-state index in [0.29, 0.717) is 11.4 Å². The van der Waals surface area contributed by atoms with Crippen molar-refractivity contribution in [3.05, 3.63) is 36.4 Å². The number of benzene rings is 1. The van der Waals surface area contributed by atoms with Crippen molar-refractivity contribution in [2.24, 2.45) is 11.8 Å². The molecule has 9 heteroatoms. The van der Waals surface area contributed by atoms with Gasteiger partial charge in [0.05, 0.1) is 30.7 Å². The Morgan fingerprint density at radius 1 is 1.10 bits per heavy atom. The van der Waals surface area contributed by atoms with E-state index >= 15 is 0 Å². The molecule has 4 atom stereocenters. The lowest BCUT2D eigenvalue weighted by atomic mass is 9.76. The second kappa shape index (κ2) is 6.70. The highest BCUT2D eigenvalue weighted by atomic mass is 16.7. The summed E-state index contributed by atoms with van der Waals surface area (Å²) in [6.07, 6.45) is 0.956. The van der Waals surface area contributed by atoms with Crippen LogP contribution in [-0.2, 0) is 33.4 Å². The molecule has 9 nitrogen and oxygen atoms in total. The topological polar surface area (TPSA) is 108 Å². The maximum absolute atomic E-state index is 13.4. The van der Waals surface area contributed by atoms with Crippen LogP contribution in [0.2, 0.25) is 0 Å². The third-order valence-electron chi connectivity index (χ3n) is 5.32. The Bertz CT molecular complexity index is 924. The number of imide groups is 1. The summed E-state index contributed by atoms with van der Waals surface area (Å²) in [5.41, 5.74) is -1.26. The fourth-order valence-electron chi connectivity index (χ4n) is 4.27. The number of anilines is 1. The molecule has 0 spiro atoms. The third kappa shape index (κ3) is 2.72. The van der Waals surface area contributed by atoms with Crippen molar-refractivity contribution in [2.75, 3.05) is 12.0 Å². The van der Waals surface area contributed by atoms with E-state index in [4.69, 9.17) is 18.9 Å². The van der Waals surface area contributed by atoms with Gasteiger partial charge in [-0.25, -0.2) is 4.90 Å². The number of nitrogens with zero attached hydrogens (tertiary/aromatic N) is 1. The SMILES string of the molecule is COc1ccccc1N1C(=O)[C@@H]2[C@H]3C=C[C@](C(OC(C)=O)OC(C)=O)(O3)[C@H]2C1=O. The lowest BCUT2D eigenvalue weighted by molar-refractivity contribution is -0.226. The number of rotatable bonds is 5. The van der Waals surface area contributed by atoms with Gasteiger partial charge in [0.15, 0.2) is 5.60 Å². The highest BCUT2D eigenvalue weighted by molar-refractivity contribution is 6.24. The van der Waals surface area contributed by atoms with Crippen LogP contribution >= 0.6 is 0 Å². The minimum atomic E-state index is -1.57. The molecule has 1 aromatic rings. The Labute approximate surface area is 166 Å². The van der Waals surface area contributed by atoms with Gasteiger partial charge in [-0.05, 0) is 18.2 Å². The van der Waals surface area contributed by atoms with E-state index in [1.54, 1.807) is 30.3 Å². The van der Waals surface area contributed by atoms with Crippen LogP contribution in [0.4, 0.5) is 5.69 Å². The smallest absolute Gasteiger partial charge is 0.305 e. The molecule has 4 rings (SSSR count). The summed E-state index contributed by atoms with van der Waals surface area (Å²) >= 11 is 0. The van der Waals surface area contributed by atoms with Gasteiger partial charge in [-0.15, -0.1) is 0 Å². The molecule has 0 unspecified atom stereocenters. The first-order valence-electron chi connectivity index (χ1n) is 9.02. The Hall–Kier alpha value is -3.20.